The second kappa shape index (κ2) is 4.99. The number of halogens is 1. The molecule has 6 nitrogen and oxygen atoms in total. The van der Waals surface area contributed by atoms with Crippen molar-refractivity contribution >= 4 is 23.9 Å². The van der Waals surface area contributed by atoms with E-state index < -0.39 is 4.92 Å². The van der Waals surface area contributed by atoms with Crippen LogP contribution in [-0.2, 0) is 4.74 Å². The zero-order valence-electron chi connectivity index (χ0n) is 8.01. The molecular weight excluding hydrogens is 222 g/mol. The van der Waals surface area contributed by atoms with Crippen molar-refractivity contribution in [2.45, 2.75) is 0 Å². The smallest absolute Gasteiger partial charge is 0.344 e. The van der Waals surface area contributed by atoms with E-state index in [2.05, 4.69) is 4.98 Å². The summed E-state index contributed by atoms with van der Waals surface area (Å²) in [5.41, 5.74) is 0.651. The summed E-state index contributed by atoms with van der Waals surface area (Å²) in [7, 11) is 0. The third-order valence-electron chi connectivity index (χ3n) is 2.24. The van der Waals surface area contributed by atoms with Crippen LogP contribution in [0.25, 0.3) is 0 Å². The van der Waals surface area contributed by atoms with E-state index in [0.29, 0.717) is 32.0 Å². The Labute approximate surface area is 92.8 Å². The van der Waals surface area contributed by atoms with E-state index in [4.69, 9.17) is 4.74 Å². The van der Waals surface area contributed by atoms with Crippen LogP contribution < -0.4 is 4.90 Å². The Morgan fingerprint density at radius 1 is 1.47 bits per heavy atom. The van der Waals surface area contributed by atoms with Crippen molar-refractivity contribution in [2.24, 2.45) is 0 Å². The summed E-state index contributed by atoms with van der Waals surface area (Å²) in [5.74, 6) is 0.0619. The third-order valence-corrected chi connectivity index (χ3v) is 2.24. The number of aromatic nitrogens is 1. The number of H-pyrrole nitrogens is 1. The van der Waals surface area contributed by atoms with Gasteiger partial charge < -0.3 is 19.8 Å². The van der Waals surface area contributed by atoms with E-state index in [1.807, 2.05) is 4.90 Å². The Morgan fingerprint density at radius 3 is 2.73 bits per heavy atom. The Morgan fingerprint density at radius 2 is 2.13 bits per heavy atom. The summed E-state index contributed by atoms with van der Waals surface area (Å²) in [5, 5.41) is 10.6. The van der Waals surface area contributed by atoms with Crippen LogP contribution in [0, 0.1) is 10.1 Å². The van der Waals surface area contributed by atoms with Crippen LogP contribution in [0.4, 0.5) is 11.5 Å². The molecule has 84 valence electrons. The molecule has 1 aromatic heterocycles. The van der Waals surface area contributed by atoms with Crippen LogP contribution in [0.5, 0.6) is 0 Å². The molecule has 0 saturated carbocycles. The molecule has 0 bridgehead atoms. The molecule has 1 aliphatic heterocycles. The van der Waals surface area contributed by atoms with Gasteiger partial charge in [-0.2, -0.15) is 0 Å². The number of nitrogens with one attached hydrogen (secondary N) is 1. The first-order valence-electron chi connectivity index (χ1n) is 4.43. The van der Waals surface area contributed by atoms with E-state index in [-0.39, 0.29) is 18.2 Å². The van der Waals surface area contributed by atoms with Gasteiger partial charge in [0.15, 0.2) is 0 Å². The molecule has 1 aromatic rings. The fourth-order valence-electron chi connectivity index (χ4n) is 1.56. The van der Waals surface area contributed by atoms with Gasteiger partial charge >= 0.3 is 5.82 Å². The molecule has 0 spiro atoms. The largest absolute Gasteiger partial charge is 0.378 e. The molecule has 0 unspecified atom stereocenters. The number of hydrogen-bond acceptors (Lipinski definition) is 4. The molecule has 0 radical (unpaired) electrons. The standard InChI is InChI=1S/C8H11N3O3.ClH/c12-11(13)8-7(1-2-9-8)10-3-5-14-6-4-10;/h1-2,9H,3-6H2;1H. The number of rotatable bonds is 2. The second-order valence-corrected chi connectivity index (χ2v) is 3.07. The SMILES string of the molecule is Cl.O=[N+]([O-])c1[nH]ccc1N1CCOCC1. The zero-order valence-corrected chi connectivity index (χ0v) is 8.83. The molecule has 0 atom stereocenters. The minimum Gasteiger partial charge on any atom is -0.378 e. The van der Waals surface area contributed by atoms with E-state index in [1.165, 1.54) is 0 Å². The monoisotopic (exact) mass is 233 g/mol. The van der Waals surface area contributed by atoms with E-state index >= 15 is 0 Å². The minimum atomic E-state index is -0.398. The van der Waals surface area contributed by atoms with Crippen molar-refractivity contribution in [3.8, 4) is 0 Å². The van der Waals surface area contributed by atoms with Crippen LogP contribution in [-0.4, -0.2) is 36.2 Å². The number of anilines is 1. The van der Waals surface area contributed by atoms with Gasteiger partial charge in [-0.1, -0.05) is 0 Å². The highest BCUT2D eigenvalue weighted by Gasteiger charge is 2.21. The van der Waals surface area contributed by atoms with Crippen LogP contribution in [0.3, 0.4) is 0 Å². The molecule has 15 heavy (non-hydrogen) atoms. The first kappa shape index (κ1) is 11.8. The molecule has 0 aliphatic carbocycles. The van der Waals surface area contributed by atoms with Gasteiger partial charge in [0.25, 0.3) is 0 Å². The molecule has 0 amide bonds. The average molecular weight is 234 g/mol. The van der Waals surface area contributed by atoms with Crippen molar-refractivity contribution < 1.29 is 9.66 Å². The van der Waals surface area contributed by atoms with Crippen LogP contribution >= 0.6 is 12.4 Å². The van der Waals surface area contributed by atoms with Gasteiger partial charge in [0, 0.05) is 19.2 Å². The topological polar surface area (TPSA) is 71.4 Å². The summed E-state index contributed by atoms with van der Waals surface area (Å²) >= 11 is 0. The van der Waals surface area contributed by atoms with Crippen molar-refractivity contribution in [1.29, 1.82) is 0 Å². The van der Waals surface area contributed by atoms with Gasteiger partial charge in [0.2, 0.25) is 0 Å². The zero-order chi connectivity index (χ0) is 9.97. The maximum absolute atomic E-state index is 10.6. The van der Waals surface area contributed by atoms with Gasteiger partial charge in [-0.05, 0) is 4.92 Å². The molecular formula is C8H12ClN3O3. The lowest BCUT2D eigenvalue weighted by Crippen LogP contribution is -2.36. The van der Waals surface area contributed by atoms with E-state index in [1.54, 1.807) is 12.3 Å². The highest BCUT2D eigenvalue weighted by atomic mass is 35.5. The molecule has 0 aromatic carbocycles. The van der Waals surface area contributed by atoms with Crippen molar-refractivity contribution in [2.75, 3.05) is 31.2 Å². The molecule has 1 aliphatic rings. The summed E-state index contributed by atoms with van der Waals surface area (Å²) in [6.07, 6.45) is 1.59. The average Bonchev–Trinajstić information content (AvgIpc) is 2.67. The van der Waals surface area contributed by atoms with Crippen molar-refractivity contribution in [3.63, 3.8) is 0 Å². The van der Waals surface area contributed by atoms with Gasteiger partial charge in [0.1, 0.15) is 5.69 Å². The van der Waals surface area contributed by atoms with Gasteiger partial charge in [-0.25, -0.2) is 4.98 Å². The van der Waals surface area contributed by atoms with Crippen LogP contribution in [0.1, 0.15) is 0 Å². The Kier molecular flexibility index (Phi) is 3.93. The highest BCUT2D eigenvalue weighted by Crippen LogP contribution is 2.26. The molecule has 7 heteroatoms. The number of ether oxygens (including phenoxy) is 1. The normalized spacial score (nSPS) is 15.9. The lowest BCUT2D eigenvalue weighted by atomic mass is 10.3. The predicted octanol–water partition coefficient (Wildman–Crippen LogP) is 1.18. The Balaban J connectivity index is 0.00000112. The van der Waals surface area contributed by atoms with E-state index in [0.717, 1.165) is 0 Å². The molecule has 2 rings (SSSR count). The second-order valence-electron chi connectivity index (χ2n) is 3.07. The summed E-state index contributed by atoms with van der Waals surface area (Å²) in [6, 6.07) is 1.73. The summed E-state index contributed by atoms with van der Waals surface area (Å²) in [4.78, 5) is 14.8. The fraction of sp³-hybridized carbons (Fsp3) is 0.500. The van der Waals surface area contributed by atoms with Crippen LogP contribution in [0.15, 0.2) is 12.3 Å². The van der Waals surface area contributed by atoms with Gasteiger partial charge in [-0.3, -0.25) is 0 Å². The van der Waals surface area contributed by atoms with Gasteiger partial charge in [0.05, 0.1) is 19.4 Å². The minimum absolute atomic E-state index is 0. The number of hydrogen-bond donors (Lipinski definition) is 1. The first-order chi connectivity index (χ1) is 6.79. The number of nitro groups is 1. The molecule has 1 fully saturated rings. The van der Waals surface area contributed by atoms with Crippen molar-refractivity contribution in [3.05, 3.63) is 22.4 Å². The molecule has 1 N–H and O–H groups in total. The lowest BCUT2D eigenvalue weighted by Gasteiger charge is -2.27. The third kappa shape index (κ3) is 2.40. The summed E-state index contributed by atoms with van der Waals surface area (Å²) in [6.45, 7) is 2.67. The van der Waals surface area contributed by atoms with E-state index in [9.17, 15) is 10.1 Å². The highest BCUT2D eigenvalue weighted by molar-refractivity contribution is 5.85. The van der Waals surface area contributed by atoms with Crippen molar-refractivity contribution in [1.82, 2.24) is 4.98 Å². The molecule has 1 saturated heterocycles. The fourth-order valence-corrected chi connectivity index (χ4v) is 1.56. The Bertz CT molecular complexity index is 336. The lowest BCUT2D eigenvalue weighted by molar-refractivity contribution is -0.388. The maximum Gasteiger partial charge on any atom is 0.344 e. The Hall–Kier alpha value is -1.27. The number of morpholine rings is 1. The van der Waals surface area contributed by atoms with Crippen LogP contribution in [0.2, 0.25) is 0 Å². The maximum atomic E-state index is 10.6. The quantitative estimate of drug-likeness (QED) is 0.615. The van der Waals surface area contributed by atoms with Gasteiger partial charge in [-0.15, -0.1) is 12.4 Å². The summed E-state index contributed by atoms with van der Waals surface area (Å²) < 4.78 is 5.18. The molecule has 2 heterocycles. The number of aromatic amines is 1. The number of nitrogens with zero attached hydrogens (tertiary/aromatic N) is 2. The predicted molar refractivity (Wildman–Crippen MR) is 57.7 cm³/mol. The first-order valence-corrected chi connectivity index (χ1v) is 4.43.